The van der Waals surface area contributed by atoms with Crippen LogP contribution >= 0.6 is 0 Å². The third kappa shape index (κ3) is 4.57. The zero-order valence-corrected chi connectivity index (χ0v) is 17.8. The SMILES string of the molecule is CCC(=O)N1CCO[C@@](Cc2cccc(-c3ccc(C)cc3)c2)(C(=O)NC2CC2)C1. The Balaban J connectivity index is 1.61. The summed E-state index contributed by atoms with van der Waals surface area (Å²) in [6.07, 6.45) is 2.91. The van der Waals surface area contributed by atoms with Crippen LogP contribution in [0.2, 0.25) is 0 Å². The maximum absolute atomic E-state index is 13.2. The summed E-state index contributed by atoms with van der Waals surface area (Å²) in [5.74, 6) is -0.0327. The Bertz CT molecular complexity index is 920. The number of morpholine rings is 1. The number of carbonyl (C=O) groups is 2. The van der Waals surface area contributed by atoms with Crippen molar-refractivity contribution in [3.05, 3.63) is 59.7 Å². The number of hydrogen-bond acceptors (Lipinski definition) is 3. The van der Waals surface area contributed by atoms with Crippen molar-refractivity contribution in [1.29, 1.82) is 0 Å². The minimum absolute atomic E-state index is 0.0651. The Morgan fingerprint density at radius 1 is 1.13 bits per heavy atom. The van der Waals surface area contributed by atoms with E-state index in [-0.39, 0.29) is 17.9 Å². The van der Waals surface area contributed by atoms with E-state index in [4.69, 9.17) is 4.74 Å². The Labute approximate surface area is 178 Å². The molecule has 1 atom stereocenters. The van der Waals surface area contributed by atoms with Gasteiger partial charge in [-0.1, -0.05) is 61.0 Å². The molecule has 1 aliphatic heterocycles. The number of nitrogens with zero attached hydrogens (tertiary/aromatic N) is 1. The minimum atomic E-state index is -1.04. The van der Waals surface area contributed by atoms with Gasteiger partial charge in [0.2, 0.25) is 5.91 Å². The van der Waals surface area contributed by atoms with Crippen LogP contribution in [0.4, 0.5) is 0 Å². The maximum Gasteiger partial charge on any atom is 0.254 e. The zero-order valence-electron chi connectivity index (χ0n) is 17.8. The molecule has 1 aliphatic carbocycles. The first-order valence-corrected chi connectivity index (χ1v) is 10.9. The van der Waals surface area contributed by atoms with E-state index in [0.29, 0.717) is 32.5 Å². The van der Waals surface area contributed by atoms with Crippen LogP contribution in [0.25, 0.3) is 11.1 Å². The highest BCUT2D eigenvalue weighted by Gasteiger charge is 2.46. The number of aryl methyl sites for hydroxylation is 1. The Kier molecular flexibility index (Phi) is 5.91. The molecule has 1 saturated carbocycles. The second-order valence-electron chi connectivity index (χ2n) is 8.50. The second-order valence-corrected chi connectivity index (χ2v) is 8.50. The van der Waals surface area contributed by atoms with Crippen molar-refractivity contribution in [2.75, 3.05) is 19.7 Å². The first-order chi connectivity index (χ1) is 14.5. The van der Waals surface area contributed by atoms with Gasteiger partial charge in [-0.15, -0.1) is 0 Å². The van der Waals surface area contributed by atoms with Crippen LogP contribution in [-0.4, -0.2) is 48.1 Å². The lowest BCUT2D eigenvalue weighted by atomic mass is 9.89. The van der Waals surface area contributed by atoms with Crippen LogP contribution < -0.4 is 5.32 Å². The summed E-state index contributed by atoms with van der Waals surface area (Å²) in [7, 11) is 0. The molecule has 0 bridgehead atoms. The molecule has 158 valence electrons. The largest absolute Gasteiger partial charge is 0.361 e. The predicted octanol–water partition coefficient (Wildman–Crippen LogP) is 3.49. The fourth-order valence-electron chi connectivity index (χ4n) is 4.03. The van der Waals surface area contributed by atoms with Crippen LogP contribution in [0.3, 0.4) is 0 Å². The summed E-state index contributed by atoms with van der Waals surface area (Å²) in [6.45, 7) is 5.14. The van der Waals surface area contributed by atoms with Crippen LogP contribution in [0, 0.1) is 6.92 Å². The number of carbonyl (C=O) groups excluding carboxylic acids is 2. The average Bonchev–Trinajstić information content (AvgIpc) is 3.58. The Morgan fingerprint density at radius 3 is 2.60 bits per heavy atom. The number of rotatable bonds is 6. The molecule has 30 heavy (non-hydrogen) atoms. The third-order valence-electron chi connectivity index (χ3n) is 5.97. The lowest BCUT2D eigenvalue weighted by Crippen LogP contribution is -2.62. The van der Waals surface area contributed by atoms with Gasteiger partial charge in [0.05, 0.1) is 13.2 Å². The van der Waals surface area contributed by atoms with Gasteiger partial charge in [-0.25, -0.2) is 0 Å². The standard InChI is InChI=1S/C25H30N2O3/c1-3-23(28)27-13-14-30-25(17-27,24(29)26-22-11-12-22)16-19-5-4-6-21(15-19)20-9-7-18(2)8-10-20/h4-10,15,22H,3,11-14,16-17H2,1-2H3,(H,26,29)/t25-/m1/s1. The van der Waals surface area contributed by atoms with Crippen LogP contribution in [-0.2, 0) is 20.7 Å². The topological polar surface area (TPSA) is 58.6 Å². The van der Waals surface area contributed by atoms with E-state index in [1.54, 1.807) is 4.90 Å². The summed E-state index contributed by atoms with van der Waals surface area (Å²) in [5, 5.41) is 3.11. The highest BCUT2D eigenvalue weighted by molar-refractivity contribution is 5.88. The fourth-order valence-corrected chi connectivity index (χ4v) is 4.03. The first-order valence-electron chi connectivity index (χ1n) is 10.9. The number of hydrogen-bond donors (Lipinski definition) is 1. The molecule has 0 spiro atoms. The number of amides is 2. The van der Waals surface area contributed by atoms with Crippen LogP contribution in [0.1, 0.15) is 37.3 Å². The molecule has 2 aliphatic rings. The van der Waals surface area contributed by atoms with Gasteiger partial charge in [-0.05, 0) is 36.5 Å². The molecule has 1 saturated heterocycles. The first kappa shape index (κ1) is 20.6. The maximum atomic E-state index is 13.2. The Morgan fingerprint density at radius 2 is 1.90 bits per heavy atom. The molecule has 0 aromatic heterocycles. The molecule has 4 rings (SSSR count). The van der Waals surface area contributed by atoms with Gasteiger partial charge in [0.25, 0.3) is 5.91 Å². The van der Waals surface area contributed by atoms with Crippen molar-refractivity contribution in [2.45, 2.75) is 51.2 Å². The van der Waals surface area contributed by atoms with Crippen molar-refractivity contribution in [3.63, 3.8) is 0 Å². The highest BCUT2D eigenvalue weighted by atomic mass is 16.5. The van der Waals surface area contributed by atoms with E-state index in [1.807, 2.05) is 19.1 Å². The minimum Gasteiger partial charge on any atom is -0.361 e. The van der Waals surface area contributed by atoms with Gasteiger partial charge in [-0.3, -0.25) is 9.59 Å². The van der Waals surface area contributed by atoms with Crippen molar-refractivity contribution in [3.8, 4) is 11.1 Å². The molecule has 2 amide bonds. The lowest BCUT2D eigenvalue weighted by molar-refractivity contribution is -0.166. The normalized spacial score (nSPS) is 21.3. The smallest absolute Gasteiger partial charge is 0.254 e. The molecular formula is C25H30N2O3. The van der Waals surface area contributed by atoms with Gasteiger partial charge < -0.3 is 15.0 Å². The molecule has 2 aromatic rings. The number of benzene rings is 2. The van der Waals surface area contributed by atoms with Crippen LogP contribution in [0.15, 0.2) is 48.5 Å². The monoisotopic (exact) mass is 406 g/mol. The third-order valence-corrected chi connectivity index (χ3v) is 5.97. The molecule has 1 heterocycles. The molecule has 0 unspecified atom stereocenters. The molecule has 2 aromatic carbocycles. The lowest BCUT2D eigenvalue weighted by Gasteiger charge is -2.41. The van der Waals surface area contributed by atoms with Crippen LogP contribution in [0.5, 0.6) is 0 Å². The van der Waals surface area contributed by atoms with Gasteiger partial charge in [0.15, 0.2) is 5.60 Å². The van der Waals surface area contributed by atoms with Gasteiger partial charge >= 0.3 is 0 Å². The molecule has 2 fully saturated rings. The van der Waals surface area contributed by atoms with Crippen molar-refractivity contribution in [1.82, 2.24) is 10.2 Å². The average molecular weight is 407 g/mol. The van der Waals surface area contributed by atoms with Crippen molar-refractivity contribution < 1.29 is 14.3 Å². The summed E-state index contributed by atoms with van der Waals surface area (Å²) < 4.78 is 6.14. The Hall–Kier alpha value is -2.66. The van der Waals surface area contributed by atoms with E-state index >= 15 is 0 Å². The highest BCUT2D eigenvalue weighted by Crippen LogP contribution is 2.29. The van der Waals surface area contributed by atoms with Gasteiger partial charge in [-0.2, -0.15) is 0 Å². The van der Waals surface area contributed by atoms with E-state index in [2.05, 4.69) is 48.6 Å². The van der Waals surface area contributed by atoms with Crippen molar-refractivity contribution >= 4 is 11.8 Å². The second kappa shape index (κ2) is 8.60. The van der Waals surface area contributed by atoms with Gasteiger partial charge in [0, 0.05) is 25.4 Å². The summed E-state index contributed by atoms with van der Waals surface area (Å²) in [4.78, 5) is 27.4. The molecular weight excluding hydrogens is 376 g/mol. The predicted molar refractivity (Wildman–Crippen MR) is 117 cm³/mol. The van der Waals surface area contributed by atoms with E-state index in [1.165, 1.54) is 5.56 Å². The molecule has 0 radical (unpaired) electrons. The quantitative estimate of drug-likeness (QED) is 0.799. The van der Waals surface area contributed by atoms with E-state index in [0.717, 1.165) is 29.5 Å². The molecule has 5 heteroatoms. The zero-order chi connectivity index (χ0) is 21.1. The van der Waals surface area contributed by atoms with E-state index < -0.39 is 5.60 Å². The molecule has 5 nitrogen and oxygen atoms in total. The summed E-state index contributed by atoms with van der Waals surface area (Å²) in [6, 6.07) is 16.9. The molecule has 1 N–H and O–H groups in total. The fraction of sp³-hybridized carbons (Fsp3) is 0.440. The summed E-state index contributed by atoms with van der Waals surface area (Å²) in [5.41, 5.74) is 3.47. The number of nitrogens with one attached hydrogen (secondary N) is 1. The van der Waals surface area contributed by atoms with Gasteiger partial charge in [0.1, 0.15) is 0 Å². The van der Waals surface area contributed by atoms with E-state index in [9.17, 15) is 9.59 Å². The summed E-state index contributed by atoms with van der Waals surface area (Å²) >= 11 is 0. The number of ether oxygens (including phenoxy) is 1. The van der Waals surface area contributed by atoms with Crippen molar-refractivity contribution in [2.24, 2.45) is 0 Å².